The minimum absolute atomic E-state index is 0.111. The molecule has 1 aliphatic heterocycles. The summed E-state index contributed by atoms with van der Waals surface area (Å²) in [6.45, 7) is 2.32. The van der Waals surface area contributed by atoms with Gasteiger partial charge in [0.1, 0.15) is 5.82 Å². The van der Waals surface area contributed by atoms with Gasteiger partial charge in [0.2, 0.25) is 0 Å². The summed E-state index contributed by atoms with van der Waals surface area (Å²) in [5.41, 5.74) is 4.49. The molecule has 0 aliphatic carbocycles. The van der Waals surface area contributed by atoms with Gasteiger partial charge in [0.15, 0.2) is 5.69 Å². The van der Waals surface area contributed by atoms with Gasteiger partial charge in [0, 0.05) is 16.1 Å². The van der Waals surface area contributed by atoms with Crippen molar-refractivity contribution < 1.29 is 9.90 Å². The number of carboxylic acid groups (broad SMARTS) is 1. The number of hydrogen-bond acceptors (Lipinski definition) is 3. The second-order valence-electron chi connectivity index (χ2n) is 5.84. The number of nitrogens with zero attached hydrogens (tertiary/aromatic N) is 3. The number of aryl methyl sites for hydroxylation is 1. The Morgan fingerprint density at radius 1 is 1.20 bits per heavy atom. The molecule has 0 radical (unpaired) electrons. The molecule has 25 heavy (non-hydrogen) atoms. The van der Waals surface area contributed by atoms with Crippen molar-refractivity contribution in [3.8, 4) is 5.69 Å². The van der Waals surface area contributed by atoms with Crippen LogP contribution in [-0.2, 0) is 6.54 Å². The van der Waals surface area contributed by atoms with E-state index in [1.54, 1.807) is 10.6 Å². The molecule has 3 aromatic rings. The van der Waals surface area contributed by atoms with E-state index in [-0.39, 0.29) is 5.69 Å². The van der Waals surface area contributed by atoms with E-state index in [4.69, 9.17) is 16.6 Å². The number of benzene rings is 2. The lowest BCUT2D eigenvalue weighted by atomic mass is 9.97. The summed E-state index contributed by atoms with van der Waals surface area (Å²) in [4.78, 5) is 20.6. The predicted octanol–water partition coefficient (Wildman–Crippen LogP) is 3.88. The molecule has 5 nitrogen and oxygen atoms in total. The van der Waals surface area contributed by atoms with Gasteiger partial charge in [-0.15, -0.1) is 0 Å². The SMILES string of the molecule is Cc1ccccc1C1=NCc2ncc(C(=O)O)n2-c2ccc(Cl)cc21. The predicted molar refractivity (Wildman–Crippen MR) is 96.1 cm³/mol. The lowest BCUT2D eigenvalue weighted by Crippen LogP contribution is -2.12. The van der Waals surface area contributed by atoms with Crippen LogP contribution in [0.1, 0.15) is 33.0 Å². The van der Waals surface area contributed by atoms with Crippen LogP contribution in [-0.4, -0.2) is 26.3 Å². The largest absolute Gasteiger partial charge is 0.477 e. The Bertz CT molecular complexity index is 1040. The van der Waals surface area contributed by atoms with Gasteiger partial charge in [-0.3, -0.25) is 9.56 Å². The van der Waals surface area contributed by atoms with E-state index in [2.05, 4.69) is 4.98 Å². The van der Waals surface area contributed by atoms with Crippen LogP contribution in [0, 0.1) is 6.92 Å². The first-order valence-electron chi connectivity index (χ1n) is 7.77. The van der Waals surface area contributed by atoms with E-state index in [0.717, 1.165) is 22.4 Å². The molecular formula is C19H14ClN3O2. The third-order valence-electron chi connectivity index (χ3n) is 4.29. The maximum Gasteiger partial charge on any atom is 0.354 e. The fraction of sp³-hybridized carbons (Fsp3) is 0.105. The molecule has 0 saturated carbocycles. The summed E-state index contributed by atoms with van der Waals surface area (Å²) in [7, 11) is 0. The minimum Gasteiger partial charge on any atom is -0.477 e. The van der Waals surface area contributed by atoms with E-state index in [1.165, 1.54) is 6.20 Å². The average Bonchev–Trinajstić information content (AvgIpc) is 2.94. The van der Waals surface area contributed by atoms with Crippen molar-refractivity contribution in [1.82, 2.24) is 9.55 Å². The molecular weight excluding hydrogens is 338 g/mol. The Morgan fingerprint density at radius 3 is 2.76 bits per heavy atom. The van der Waals surface area contributed by atoms with E-state index < -0.39 is 5.97 Å². The molecule has 0 amide bonds. The number of hydrogen-bond donors (Lipinski definition) is 1. The van der Waals surface area contributed by atoms with Crippen LogP contribution >= 0.6 is 11.6 Å². The molecule has 2 heterocycles. The van der Waals surface area contributed by atoms with Crippen molar-refractivity contribution >= 4 is 23.3 Å². The lowest BCUT2D eigenvalue weighted by Gasteiger charge is -2.14. The fourth-order valence-electron chi connectivity index (χ4n) is 3.12. The standard InChI is InChI=1S/C19H14ClN3O2/c1-11-4-2-3-5-13(11)18-14-8-12(20)6-7-15(14)23-16(19(24)25)9-21-17(23)10-22-18/h2-9H,10H2,1H3,(H,24,25). The highest BCUT2D eigenvalue weighted by Crippen LogP contribution is 2.29. The molecule has 0 atom stereocenters. The zero-order valence-electron chi connectivity index (χ0n) is 13.4. The molecule has 4 rings (SSSR count). The third kappa shape index (κ3) is 2.53. The van der Waals surface area contributed by atoms with Gasteiger partial charge < -0.3 is 5.11 Å². The third-order valence-corrected chi connectivity index (χ3v) is 4.52. The number of halogens is 1. The molecule has 1 aromatic heterocycles. The van der Waals surface area contributed by atoms with Crippen LogP contribution in [0.15, 0.2) is 53.7 Å². The van der Waals surface area contributed by atoms with Crippen LogP contribution in [0.3, 0.4) is 0 Å². The van der Waals surface area contributed by atoms with E-state index >= 15 is 0 Å². The molecule has 0 bridgehead atoms. The fourth-order valence-corrected chi connectivity index (χ4v) is 3.29. The van der Waals surface area contributed by atoms with Gasteiger partial charge in [-0.25, -0.2) is 9.78 Å². The van der Waals surface area contributed by atoms with Gasteiger partial charge >= 0.3 is 5.97 Å². The van der Waals surface area contributed by atoms with Crippen LogP contribution < -0.4 is 0 Å². The number of fused-ring (bicyclic) bond motifs is 3. The van der Waals surface area contributed by atoms with Gasteiger partial charge in [-0.1, -0.05) is 35.9 Å². The molecule has 0 spiro atoms. The zero-order chi connectivity index (χ0) is 17.6. The molecule has 1 aliphatic rings. The first-order valence-corrected chi connectivity index (χ1v) is 8.14. The summed E-state index contributed by atoms with van der Waals surface area (Å²) < 4.78 is 1.64. The molecule has 0 unspecified atom stereocenters. The van der Waals surface area contributed by atoms with Crippen LogP contribution in [0.2, 0.25) is 5.02 Å². The molecule has 1 N–H and O–H groups in total. The Kier molecular flexibility index (Phi) is 3.66. The van der Waals surface area contributed by atoms with Crippen LogP contribution in [0.5, 0.6) is 0 Å². The van der Waals surface area contributed by atoms with Gasteiger partial charge in [0.05, 0.1) is 24.1 Å². The van der Waals surface area contributed by atoms with Gasteiger partial charge in [-0.2, -0.15) is 0 Å². The maximum atomic E-state index is 11.6. The van der Waals surface area contributed by atoms with Crippen LogP contribution in [0.25, 0.3) is 5.69 Å². The topological polar surface area (TPSA) is 67.5 Å². The minimum atomic E-state index is -1.03. The van der Waals surface area contributed by atoms with Gasteiger partial charge in [0.25, 0.3) is 0 Å². The zero-order valence-corrected chi connectivity index (χ0v) is 14.2. The first kappa shape index (κ1) is 15.6. The van der Waals surface area contributed by atoms with Crippen molar-refractivity contribution in [1.29, 1.82) is 0 Å². The van der Waals surface area contributed by atoms with Gasteiger partial charge in [-0.05, 0) is 30.7 Å². The van der Waals surface area contributed by atoms with E-state index in [9.17, 15) is 9.90 Å². The van der Waals surface area contributed by atoms with Crippen molar-refractivity contribution in [2.24, 2.45) is 4.99 Å². The van der Waals surface area contributed by atoms with Crippen LogP contribution in [0.4, 0.5) is 0 Å². The van der Waals surface area contributed by atoms with E-state index in [1.807, 2.05) is 43.3 Å². The molecule has 124 valence electrons. The number of carbonyl (C=O) groups is 1. The molecule has 0 saturated heterocycles. The highest BCUT2D eigenvalue weighted by Gasteiger charge is 2.24. The first-order chi connectivity index (χ1) is 12.1. The Hall–Kier alpha value is -2.92. The number of carboxylic acids is 1. The number of rotatable bonds is 2. The Morgan fingerprint density at radius 2 is 2.00 bits per heavy atom. The Balaban J connectivity index is 2.03. The second-order valence-corrected chi connectivity index (χ2v) is 6.28. The summed E-state index contributed by atoms with van der Waals surface area (Å²) in [6.07, 6.45) is 1.37. The monoisotopic (exact) mass is 351 g/mol. The summed E-state index contributed by atoms with van der Waals surface area (Å²) in [5, 5.41) is 10.1. The highest BCUT2D eigenvalue weighted by atomic mass is 35.5. The quantitative estimate of drug-likeness (QED) is 0.761. The maximum absolute atomic E-state index is 11.6. The van der Waals surface area contributed by atoms with Crippen molar-refractivity contribution in [2.75, 3.05) is 0 Å². The average molecular weight is 352 g/mol. The summed E-state index contributed by atoms with van der Waals surface area (Å²) in [6, 6.07) is 13.3. The normalized spacial score (nSPS) is 12.8. The molecule has 6 heteroatoms. The van der Waals surface area contributed by atoms with Crippen molar-refractivity contribution in [2.45, 2.75) is 13.5 Å². The molecule has 0 fully saturated rings. The lowest BCUT2D eigenvalue weighted by molar-refractivity contribution is 0.0688. The summed E-state index contributed by atoms with van der Waals surface area (Å²) >= 11 is 6.23. The molecule has 2 aromatic carbocycles. The number of aromatic nitrogens is 2. The van der Waals surface area contributed by atoms with E-state index in [0.29, 0.717) is 23.1 Å². The second kappa shape index (κ2) is 5.86. The Labute approximate surface area is 149 Å². The summed E-state index contributed by atoms with van der Waals surface area (Å²) in [5.74, 6) is -0.441. The highest BCUT2D eigenvalue weighted by molar-refractivity contribution is 6.31. The van der Waals surface area contributed by atoms with Crippen molar-refractivity contribution in [3.63, 3.8) is 0 Å². The smallest absolute Gasteiger partial charge is 0.354 e. The number of aromatic carboxylic acids is 1. The number of aliphatic imine (C=N–C) groups is 1. The van der Waals surface area contributed by atoms with Crippen molar-refractivity contribution in [3.05, 3.63) is 81.9 Å². The number of imidazole rings is 1.